The third kappa shape index (κ3) is 4.08. The van der Waals surface area contributed by atoms with Gasteiger partial charge in [-0.3, -0.25) is 9.59 Å². The maximum absolute atomic E-state index is 12.8. The minimum Gasteiger partial charge on any atom is -0.375 e. The lowest BCUT2D eigenvalue weighted by Crippen LogP contribution is -2.57. The Morgan fingerprint density at radius 2 is 1.77 bits per heavy atom. The monoisotopic (exact) mass is 491 g/mol. The maximum atomic E-state index is 12.8. The van der Waals surface area contributed by atoms with E-state index >= 15 is 0 Å². The van der Waals surface area contributed by atoms with Crippen LogP contribution in [0.3, 0.4) is 0 Å². The van der Waals surface area contributed by atoms with Crippen LogP contribution < -0.4 is 10.2 Å². The van der Waals surface area contributed by atoms with Crippen molar-refractivity contribution in [1.29, 1.82) is 0 Å². The Kier molecular flexibility index (Phi) is 6.40. The molecular formula is C29H34ClN3O2. The van der Waals surface area contributed by atoms with Gasteiger partial charge in [0.2, 0.25) is 5.91 Å². The molecule has 35 heavy (non-hydrogen) atoms. The molecule has 0 aromatic heterocycles. The fraction of sp³-hybridized carbons (Fsp3) is 0.448. The molecule has 0 radical (unpaired) electrons. The van der Waals surface area contributed by atoms with Gasteiger partial charge in [0.1, 0.15) is 0 Å². The average Bonchev–Trinajstić information content (AvgIpc) is 2.95. The molecule has 2 heterocycles. The van der Waals surface area contributed by atoms with E-state index in [4.69, 9.17) is 11.6 Å². The summed E-state index contributed by atoms with van der Waals surface area (Å²) in [5.41, 5.74) is 4.06. The van der Waals surface area contributed by atoms with Crippen LogP contribution in [0.15, 0.2) is 36.4 Å². The molecule has 2 aliphatic heterocycles. The number of halogens is 1. The fourth-order valence-electron chi connectivity index (χ4n) is 6.15. The zero-order chi connectivity index (χ0) is 25.7. The Balaban J connectivity index is 1.80. The molecule has 1 saturated heterocycles. The van der Waals surface area contributed by atoms with Gasteiger partial charge in [0, 0.05) is 35.5 Å². The highest BCUT2D eigenvalue weighted by molar-refractivity contribution is 6.31. The standard InChI is InChI=1S/C29H34ClN3O2/c1-8-10-26(34)33-18(2)16-29(17-19(33)3,22-11-9-12-24(30)20(22)4)31-21-13-14-23-25(15-21)32(7)27(35)28(23,5)6/h9,11-15,18-19,31H,16-17H2,1-7H3/t18-,19+,29?. The molecule has 1 fully saturated rings. The first-order chi connectivity index (χ1) is 16.4. The first-order valence-corrected chi connectivity index (χ1v) is 12.5. The number of amides is 2. The number of hydrogen-bond donors (Lipinski definition) is 1. The first-order valence-electron chi connectivity index (χ1n) is 12.1. The number of likely N-dealkylation sites (tertiary alicyclic amines) is 1. The number of carbonyl (C=O) groups excluding carboxylic acids is 2. The van der Waals surface area contributed by atoms with Gasteiger partial charge in [-0.25, -0.2) is 0 Å². The second-order valence-electron chi connectivity index (χ2n) is 10.5. The van der Waals surface area contributed by atoms with Crippen molar-refractivity contribution >= 4 is 34.8 Å². The number of anilines is 2. The van der Waals surface area contributed by atoms with Crippen LogP contribution >= 0.6 is 11.6 Å². The molecule has 5 nitrogen and oxygen atoms in total. The van der Waals surface area contributed by atoms with Gasteiger partial charge in [0.25, 0.3) is 5.91 Å². The summed E-state index contributed by atoms with van der Waals surface area (Å²) in [4.78, 5) is 29.2. The van der Waals surface area contributed by atoms with E-state index in [9.17, 15) is 9.59 Å². The third-order valence-electron chi connectivity index (χ3n) is 7.74. The molecule has 184 valence electrons. The summed E-state index contributed by atoms with van der Waals surface area (Å²) in [7, 11) is 1.83. The molecule has 4 rings (SSSR count). The third-order valence-corrected chi connectivity index (χ3v) is 8.15. The SMILES string of the molecule is CC#CC(=O)N1[C@H](C)CC(Nc2ccc3c(c2)N(C)C(=O)C3(C)C)(c2cccc(Cl)c2C)C[C@@H]1C. The van der Waals surface area contributed by atoms with E-state index in [0.29, 0.717) is 12.8 Å². The summed E-state index contributed by atoms with van der Waals surface area (Å²) in [5, 5.41) is 4.58. The molecule has 0 bridgehead atoms. The molecule has 2 aromatic rings. The number of nitrogens with zero attached hydrogens (tertiary/aromatic N) is 2. The molecule has 1 N–H and O–H groups in total. The Bertz CT molecular complexity index is 1240. The summed E-state index contributed by atoms with van der Waals surface area (Å²) >= 11 is 6.58. The molecule has 0 spiro atoms. The van der Waals surface area contributed by atoms with E-state index in [0.717, 1.165) is 33.1 Å². The Hall–Kier alpha value is -2.97. The number of rotatable bonds is 3. The lowest BCUT2D eigenvalue weighted by atomic mass is 9.73. The summed E-state index contributed by atoms with van der Waals surface area (Å²) in [6.07, 6.45) is 1.40. The Labute approximate surface area is 213 Å². The number of carbonyl (C=O) groups is 2. The number of nitrogens with one attached hydrogen (secondary N) is 1. The van der Waals surface area contributed by atoms with Crippen molar-refractivity contribution < 1.29 is 9.59 Å². The van der Waals surface area contributed by atoms with Crippen LogP contribution in [0, 0.1) is 18.8 Å². The topological polar surface area (TPSA) is 52.7 Å². The van der Waals surface area contributed by atoms with Crippen LogP contribution in [0.4, 0.5) is 11.4 Å². The van der Waals surface area contributed by atoms with Gasteiger partial charge in [0.05, 0.1) is 11.0 Å². The summed E-state index contributed by atoms with van der Waals surface area (Å²) in [6.45, 7) is 11.8. The fourth-order valence-corrected chi connectivity index (χ4v) is 6.32. The van der Waals surface area contributed by atoms with Gasteiger partial charge >= 0.3 is 0 Å². The number of hydrogen-bond acceptors (Lipinski definition) is 3. The van der Waals surface area contributed by atoms with Crippen molar-refractivity contribution in [3.63, 3.8) is 0 Å². The smallest absolute Gasteiger partial charge is 0.298 e. The number of fused-ring (bicyclic) bond motifs is 1. The largest absolute Gasteiger partial charge is 0.375 e. The summed E-state index contributed by atoms with van der Waals surface area (Å²) in [6, 6.07) is 12.1. The minimum absolute atomic E-state index is 0.0319. The molecule has 2 aromatic carbocycles. The maximum Gasteiger partial charge on any atom is 0.298 e. The summed E-state index contributed by atoms with van der Waals surface area (Å²) in [5.74, 6) is 5.42. The molecular weight excluding hydrogens is 458 g/mol. The Morgan fingerprint density at radius 1 is 1.11 bits per heavy atom. The zero-order valence-electron chi connectivity index (χ0n) is 21.6. The van der Waals surface area contributed by atoms with Gasteiger partial charge in [-0.05, 0) is 95.2 Å². The number of likely N-dealkylation sites (N-methyl/N-ethyl adjacent to an activating group) is 1. The van der Waals surface area contributed by atoms with Crippen LogP contribution in [0.2, 0.25) is 5.02 Å². The average molecular weight is 492 g/mol. The van der Waals surface area contributed by atoms with E-state index < -0.39 is 11.0 Å². The molecule has 6 heteroatoms. The van der Waals surface area contributed by atoms with Gasteiger partial charge in [0.15, 0.2) is 0 Å². The van der Waals surface area contributed by atoms with E-state index in [1.807, 2.05) is 44.9 Å². The van der Waals surface area contributed by atoms with Crippen LogP contribution in [-0.4, -0.2) is 35.8 Å². The molecule has 0 aliphatic carbocycles. The van der Waals surface area contributed by atoms with Gasteiger partial charge in [-0.15, -0.1) is 0 Å². The molecule has 2 amide bonds. The zero-order valence-corrected chi connectivity index (χ0v) is 22.4. The van der Waals surface area contributed by atoms with E-state index in [1.54, 1.807) is 11.8 Å². The normalized spacial score (nSPS) is 25.1. The van der Waals surface area contributed by atoms with Crippen molar-refractivity contribution in [3.8, 4) is 11.8 Å². The lowest BCUT2D eigenvalue weighted by Gasteiger charge is -2.50. The Morgan fingerprint density at radius 3 is 2.40 bits per heavy atom. The number of piperidine rings is 1. The summed E-state index contributed by atoms with van der Waals surface area (Å²) < 4.78 is 0. The molecule has 2 aliphatic rings. The van der Waals surface area contributed by atoms with Crippen molar-refractivity contribution in [2.24, 2.45) is 0 Å². The minimum atomic E-state index is -0.543. The van der Waals surface area contributed by atoms with Crippen molar-refractivity contribution in [2.75, 3.05) is 17.3 Å². The highest BCUT2D eigenvalue weighted by atomic mass is 35.5. The lowest BCUT2D eigenvalue weighted by molar-refractivity contribution is -0.132. The van der Waals surface area contributed by atoms with Crippen LogP contribution in [0.5, 0.6) is 0 Å². The quantitative estimate of drug-likeness (QED) is 0.566. The highest BCUT2D eigenvalue weighted by Gasteiger charge is 2.46. The highest BCUT2D eigenvalue weighted by Crippen LogP contribution is 2.46. The number of benzene rings is 2. The predicted molar refractivity (Wildman–Crippen MR) is 143 cm³/mol. The van der Waals surface area contributed by atoms with Crippen LogP contribution in [0.25, 0.3) is 0 Å². The van der Waals surface area contributed by atoms with Crippen molar-refractivity contribution in [3.05, 3.63) is 58.1 Å². The van der Waals surface area contributed by atoms with Gasteiger partial charge in [-0.2, -0.15) is 0 Å². The van der Waals surface area contributed by atoms with Crippen molar-refractivity contribution in [2.45, 2.75) is 77.4 Å². The molecule has 0 saturated carbocycles. The van der Waals surface area contributed by atoms with E-state index in [1.165, 1.54) is 0 Å². The van der Waals surface area contributed by atoms with Crippen molar-refractivity contribution in [1.82, 2.24) is 4.90 Å². The van der Waals surface area contributed by atoms with Crippen LogP contribution in [-0.2, 0) is 20.5 Å². The first kappa shape index (κ1) is 25.1. The van der Waals surface area contributed by atoms with Gasteiger partial charge < -0.3 is 15.1 Å². The molecule has 3 atom stereocenters. The second-order valence-corrected chi connectivity index (χ2v) is 10.9. The predicted octanol–water partition coefficient (Wildman–Crippen LogP) is 5.63. The van der Waals surface area contributed by atoms with Crippen LogP contribution in [0.1, 0.15) is 64.2 Å². The van der Waals surface area contributed by atoms with E-state index in [2.05, 4.69) is 55.3 Å². The second kappa shape index (κ2) is 8.91. The van der Waals surface area contributed by atoms with Gasteiger partial charge in [-0.1, -0.05) is 35.7 Å². The molecule has 1 unspecified atom stereocenters. The van der Waals surface area contributed by atoms with E-state index in [-0.39, 0.29) is 23.9 Å².